The van der Waals surface area contributed by atoms with Crippen LogP contribution in [0.25, 0.3) is 0 Å². The van der Waals surface area contributed by atoms with E-state index in [0.29, 0.717) is 6.54 Å². The van der Waals surface area contributed by atoms with Crippen molar-refractivity contribution in [1.29, 1.82) is 0 Å². The fourth-order valence-corrected chi connectivity index (χ4v) is 1.72. The molecule has 1 rings (SSSR count). The van der Waals surface area contributed by atoms with E-state index < -0.39 is 12.1 Å². The van der Waals surface area contributed by atoms with Crippen molar-refractivity contribution in [3.8, 4) is 0 Å². The van der Waals surface area contributed by atoms with E-state index >= 15 is 0 Å². The molecule has 0 aliphatic carbocycles. The Labute approximate surface area is 83.3 Å². The van der Waals surface area contributed by atoms with Gasteiger partial charge in [0.2, 0.25) is 0 Å². The first-order chi connectivity index (χ1) is 6.61. The molecule has 0 aromatic rings. The van der Waals surface area contributed by atoms with Gasteiger partial charge in [0.25, 0.3) is 0 Å². The number of carbonyl (C=O) groups is 1. The Morgan fingerprint density at radius 3 is 2.93 bits per heavy atom. The van der Waals surface area contributed by atoms with Crippen LogP contribution in [0.5, 0.6) is 0 Å². The van der Waals surface area contributed by atoms with E-state index in [1.54, 1.807) is 7.11 Å². The topological polar surface area (TPSA) is 70.0 Å². The molecule has 14 heavy (non-hydrogen) atoms. The number of ether oxygens (including phenoxy) is 1. The fraction of sp³-hybridized carbons (Fsp3) is 0.889. The third-order valence-corrected chi connectivity index (χ3v) is 2.44. The van der Waals surface area contributed by atoms with Crippen LogP contribution in [0.15, 0.2) is 0 Å². The van der Waals surface area contributed by atoms with Crippen LogP contribution < -0.4 is 0 Å². The molecule has 2 N–H and O–H groups in total. The van der Waals surface area contributed by atoms with Gasteiger partial charge < -0.3 is 14.9 Å². The number of hydrogen-bond acceptors (Lipinski definition) is 4. The molecule has 5 heteroatoms. The van der Waals surface area contributed by atoms with E-state index in [-0.39, 0.29) is 12.5 Å². The Balaban J connectivity index is 2.21. The normalized spacial score (nSPS) is 25.1. The molecular formula is C9H17NO4. The van der Waals surface area contributed by atoms with E-state index in [2.05, 4.69) is 0 Å². The van der Waals surface area contributed by atoms with E-state index in [1.807, 2.05) is 4.90 Å². The second kappa shape index (κ2) is 5.29. The van der Waals surface area contributed by atoms with Gasteiger partial charge in [-0.2, -0.15) is 0 Å². The van der Waals surface area contributed by atoms with E-state index in [1.165, 1.54) is 0 Å². The summed E-state index contributed by atoms with van der Waals surface area (Å²) in [6.07, 6.45) is 0.222. The van der Waals surface area contributed by atoms with E-state index in [9.17, 15) is 9.90 Å². The minimum Gasteiger partial charge on any atom is -0.481 e. The summed E-state index contributed by atoms with van der Waals surface area (Å²) in [6, 6.07) is 0. The Kier molecular flexibility index (Phi) is 4.31. The van der Waals surface area contributed by atoms with Crippen LogP contribution in [0.4, 0.5) is 0 Å². The molecule has 0 aromatic heterocycles. The molecule has 82 valence electrons. The van der Waals surface area contributed by atoms with Crippen LogP contribution in [0.2, 0.25) is 0 Å². The first-order valence-corrected chi connectivity index (χ1v) is 4.77. The summed E-state index contributed by atoms with van der Waals surface area (Å²) >= 11 is 0. The highest BCUT2D eigenvalue weighted by atomic mass is 16.5. The molecule has 2 atom stereocenters. The standard InChI is InChI=1S/C9H17NO4/c1-14-8-2-3-10(6-8)5-7(11)4-9(12)13/h7-8,11H,2-6H2,1H3,(H,12,13). The van der Waals surface area contributed by atoms with Crippen LogP contribution in [-0.4, -0.2) is 60.0 Å². The second-order valence-corrected chi connectivity index (χ2v) is 3.66. The van der Waals surface area contributed by atoms with Crippen molar-refractivity contribution in [3.63, 3.8) is 0 Å². The largest absolute Gasteiger partial charge is 0.481 e. The van der Waals surface area contributed by atoms with Crippen molar-refractivity contribution >= 4 is 5.97 Å². The molecule has 5 nitrogen and oxygen atoms in total. The number of aliphatic carboxylic acids is 1. The third-order valence-electron chi connectivity index (χ3n) is 2.44. The summed E-state index contributed by atoms with van der Waals surface area (Å²) < 4.78 is 5.16. The smallest absolute Gasteiger partial charge is 0.306 e. The number of aliphatic hydroxyl groups excluding tert-OH is 1. The van der Waals surface area contributed by atoms with E-state index in [4.69, 9.17) is 9.84 Å². The Hall–Kier alpha value is -0.650. The number of rotatable bonds is 5. The van der Waals surface area contributed by atoms with Gasteiger partial charge >= 0.3 is 5.97 Å². The maximum absolute atomic E-state index is 10.3. The van der Waals surface area contributed by atoms with Crippen LogP contribution in [0.3, 0.4) is 0 Å². The summed E-state index contributed by atoms with van der Waals surface area (Å²) in [6.45, 7) is 2.08. The zero-order chi connectivity index (χ0) is 10.6. The number of methoxy groups -OCH3 is 1. The van der Waals surface area contributed by atoms with Crippen LogP contribution in [-0.2, 0) is 9.53 Å². The van der Waals surface area contributed by atoms with Crippen molar-refractivity contribution < 1.29 is 19.7 Å². The van der Waals surface area contributed by atoms with Crippen LogP contribution >= 0.6 is 0 Å². The van der Waals surface area contributed by atoms with Gasteiger partial charge in [-0.25, -0.2) is 0 Å². The summed E-state index contributed by atoms with van der Waals surface area (Å²) in [5.74, 6) is -0.958. The number of β-amino-alcohol motifs (C(OH)–C–C–N with tert-alkyl or cyclic N) is 1. The maximum Gasteiger partial charge on any atom is 0.306 e. The molecule has 2 unspecified atom stereocenters. The predicted molar refractivity (Wildman–Crippen MR) is 50.1 cm³/mol. The Bertz CT molecular complexity index is 197. The monoisotopic (exact) mass is 203 g/mol. The number of likely N-dealkylation sites (tertiary alicyclic amines) is 1. The second-order valence-electron chi connectivity index (χ2n) is 3.66. The first kappa shape index (κ1) is 11.4. The van der Waals surface area contributed by atoms with Crippen LogP contribution in [0.1, 0.15) is 12.8 Å². The van der Waals surface area contributed by atoms with Gasteiger partial charge in [0, 0.05) is 26.7 Å². The van der Waals surface area contributed by atoms with Crippen molar-refractivity contribution in [3.05, 3.63) is 0 Å². The summed E-state index contributed by atoms with van der Waals surface area (Å²) in [5, 5.41) is 17.8. The quantitative estimate of drug-likeness (QED) is 0.633. The first-order valence-electron chi connectivity index (χ1n) is 4.77. The number of nitrogens with zero attached hydrogens (tertiary/aromatic N) is 1. The Morgan fingerprint density at radius 1 is 1.71 bits per heavy atom. The van der Waals surface area contributed by atoms with Crippen molar-refractivity contribution in [2.45, 2.75) is 25.0 Å². The van der Waals surface area contributed by atoms with Gasteiger partial charge in [0.05, 0.1) is 18.6 Å². The lowest BCUT2D eigenvalue weighted by molar-refractivity contribution is -0.139. The molecule has 1 fully saturated rings. The molecule has 0 aromatic carbocycles. The van der Waals surface area contributed by atoms with Gasteiger partial charge in [0.1, 0.15) is 0 Å². The third kappa shape index (κ3) is 3.61. The van der Waals surface area contributed by atoms with Gasteiger partial charge in [-0.3, -0.25) is 9.69 Å². The maximum atomic E-state index is 10.3. The molecule has 1 aliphatic rings. The van der Waals surface area contributed by atoms with Gasteiger partial charge in [-0.1, -0.05) is 0 Å². The van der Waals surface area contributed by atoms with Gasteiger partial charge in [-0.15, -0.1) is 0 Å². The van der Waals surface area contributed by atoms with Gasteiger partial charge in [0.15, 0.2) is 0 Å². The zero-order valence-corrected chi connectivity index (χ0v) is 8.35. The molecule has 0 amide bonds. The average Bonchev–Trinajstić information content (AvgIpc) is 2.50. The molecule has 1 saturated heterocycles. The number of aliphatic hydroxyl groups is 1. The lowest BCUT2D eigenvalue weighted by Gasteiger charge is -2.18. The zero-order valence-electron chi connectivity index (χ0n) is 8.35. The molecule has 1 heterocycles. The summed E-state index contributed by atoms with van der Waals surface area (Å²) in [4.78, 5) is 12.3. The highest BCUT2D eigenvalue weighted by Gasteiger charge is 2.24. The highest BCUT2D eigenvalue weighted by Crippen LogP contribution is 2.12. The average molecular weight is 203 g/mol. The fourth-order valence-electron chi connectivity index (χ4n) is 1.72. The summed E-state index contributed by atoms with van der Waals surface area (Å²) in [5.41, 5.74) is 0. The van der Waals surface area contributed by atoms with Crippen LogP contribution in [0, 0.1) is 0 Å². The lowest BCUT2D eigenvalue weighted by Crippen LogP contribution is -2.32. The number of carboxylic acid groups (broad SMARTS) is 1. The summed E-state index contributed by atoms with van der Waals surface area (Å²) in [7, 11) is 1.67. The van der Waals surface area contributed by atoms with E-state index in [0.717, 1.165) is 19.5 Å². The molecule has 0 saturated carbocycles. The molecule has 0 spiro atoms. The minimum absolute atomic E-state index is 0.186. The molecule has 0 radical (unpaired) electrons. The molecular weight excluding hydrogens is 186 g/mol. The van der Waals surface area contributed by atoms with Crippen molar-refractivity contribution in [2.75, 3.05) is 26.7 Å². The minimum atomic E-state index is -0.958. The van der Waals surface area contributed by atoms with Crippen molar-refractivity contribution in [1.82, 2.24) is 4.90 Å². The Morgan fingerprint density at radius 2 is 2.43 bits per heavy atom. The number of hydrogen-bond donors (Lipinski definition) is 2. The molecule has 0 bridgehead atoms. The predicted octanol–water partition coefficient (Wildman–Crippen LogP) is -0.457. The SMILES string of the molecule is COC1CCN(CC(O)CC(=O)O)C1. The molecule has 1 aliphatic heterocycles. The van der Waals surface area contributed by atoms with Crippen molar-refractivity contribution in [2.24, 2.45) is 0 Å². The highest BCUT2D eigenvalue weighted by molar-refractivity contribution is 5.67. The van der Waals surface area contributed by atoms with Gasteiger partial charge in [-0.05, 0) is 6.42 Å². The number of carboxylic acids is 1. The lowest BCUT2D eigenvalue weighted by atomic mass is 10.2.